The number of hydrogen-bond acceptors (Lipinski definition) is 1. The van der Waals surface area contributed by atoms with Crippen LogP contribution in [0.25, 0.3) is 10.8 Å². The summed E-state index contributed by atoms with van der Waals surface area (Å²) in [6.07, 6.45) is 1.22. The fraction of sp³-hybridized carbons (Fsp3) is 0.304. The van der Waals surface area contributed by atoms with Crippen molar-refractivity contribution >= 4 is 10.8 Å². The van der Waals surface area contributed by atoms with E-state index in [-0.39, 0.29) is 0 Å². The molecule has 3 aromatic carbocycles. The quantitative estimate of drug-likeness (QED) is 0.499. The van der Waals surface area contributed by atoms with Crippen LogP contribution in [-0.4, -0.2) is 0 Å². The van der Waals surface area contributed by atoms with Crippen LogP contribution >= 0.6 is 0 Å². The summed E-state index contributed by atoms with van der Waals surface area (Å²) in [5, 5.41) is 2.53. The van der Waals surface area contributed by atoms with Gasteiger partial charge >= 0.3 is 0 Å². The molecule has 0 spiro atoms. The van der Waals surface area contributed by atoms with Crippen molar-refractivity contribution in [1.82, 2.24) is 0 Å². The summed E-state index contributed by atoms with van der Waals surface area (Å²) in [4.78, 5) is 0. The Bertz CT molecular complexity index is 781. The molecule has 0 aromatic heterocycles. The number of hydrogen-bond donors (Lipinski definition) is 0. The van der Waals surface area contributed by atoms with E-state index in [0.717, 1.165) is 11.7 Å². The fourth-order valence-electron chi connectivity index (χ4n) is 3.32. The third kappa shape index (κ3) is 3.97. The Labute approximate surface area is 145 Å². The lowest BCUT2D eigenvalue weighted by atomic mass is 9.92. The number of ether oxygens (including phenoxy) is 1. The van der Waals surface area contributed by atoms with E-state index >= 15 is 0 Å². The van der Waals surface area contributed by atoms with Crippen LogP contribution in [0.15, 0.2) is 66.7 Å². The van der Waals surface area contributed by atoms with E-state index in [2.05, 4.69) is 87.5 Å². The fourth-order valence-corrected chi connectivity index (χ4v) is 3.32. The second-order valence-corrected chi connectivity index (χ2v) is 7.03. The summed E-state index contributed by atoms with van der Waals surface area (Å²) in [5.74, 6) is 2.25. The zero-order valence-electron chi connectivity index (χ0n) is 14.8. The SMILES string of the molecule is CC(C)CC(C)c1ccc(OCc2cccc3ccccc23)cc1. The van der Waals surface area contributed by atoms with Crippen LogP contribution < -0.4 is 4.74 Å². The Morgan fingerprint density at radius 1 is 0.792 bits per heavy atom. The Morgan fingerprint density at radius 3 is 2.25 bits per heavy atom. The van der Waals surface area contributed by atoms with Gasteiger partial charge < -0.3 is 4.74 Å². The lowest BCUT2D eigenvalue weighted by molar-refractivity contribution is 0.307. The molecule has 0 amide bonds. The molecule has 0 bridgehead atoms. The smallest absolute Gasteiger partial charge is 0.119 e. The van der Waals surface area contributed by atoms with Crippen molar-refractivity contribution < 1.29 is 4.74 Å². The highest BCUT2D eigenvalue weighted by atomic mass is 16.5. The van der Waals surface area contributed by atoms with Gasteiger partial charge in [-0.15, -0.1) is 0 Å². The normalized spacial score (nSPS) is 12.5. The summed E-state index contributed by atoms with van der Waals surface area (Å²) >= 11 is 0. The first-order valence-electron chi connectivity index (χ1n) is 8.83. The monoisotopic (exact) mass is 318 g/mol. The molecule has 1 heteroatoms. The third-order valence-electron chi connectivity index (χ3n) is 4.55. The van der Waals surface area contributed by atoms with Gasteiger partial charge in [0.25, 0.3) is 0 Å². The Hall–Kier alpha value is -2.28. The van der Waals surface area contributed by atoms with E-state index in [4.69, 9.17) is 4.74 Å². The van der Waals surface area contributed by atoms with Crippen LogP contribution in [0, 0.1) is 5.92 Å². The Kier molecular flexibility index (Phi) is 5.20. The van der Waals surface area contributed by atoms with Crippen LogP contribution in [-0.2, 0) is 6.61 Å². The average molecular weight is 318 g/mol. The summed E-state index contributed by atoms with van der Waals surface area (Å²) in [5.41, 5.74) is 2.62. The van der Waals surface area contributed by atoms with Gasteiger partial charge in [-0.3, -0.25) is 0 Å². The van der Waals surface area contributed by atoms with E-state index < -0.39 is 0 Å². The van der Waals surface area contributed by atoms with Gasteiger partial charge in [0, 0.05) is 0 Å². The molecule has 0 heterocycles. The van der Waals surface area contributed by atoms with E-state index in [1.54, 1.807) is 0 Å². The highest BCUT2D eigenvalue weighted by Gasteiger charge is 2.08. The van der Waals surface area contributed by atoms with Crippen molar-refractivity contribution in [2.75, 3.05) is 0 Å². The molecule has 0 saturated heterocycles. The molecule has 3 aromatic rings. The van der Waals surface area contributed by atoms with E-state index in [0.29, 0.717) is 12.5 Å². The molecule has 0 aliphatic carbocycles. The zero-order chi connectivity index (χ0) is 16.9. The van der Waals surface area contributed by atoms with Gasteiger partial charge in [0.2, 0.25) is 0 Å². The lowest BCUT2D eigenvalue weighted by Gasteiger charge is -2.15. The molecule has 124 valence electrons. The minimum atomic E-state index is 0.595. The van der Waals surface area contributed by atoms with Crippen molar-refractivity contribution in [3.8, 4) is 5.75 Å². The second kappa shape index (κ2) is 7.53. The summed E-state index contributed by atoms with van der Waals surface area (Å²) in [6, 6.07) is 23.4. The zero-order valence-corrected chi connectivity index (χ0v) is 14.8. The van der Waals surface area contributed by atoms with E-state index in [9.17, 15) is 0 Å². The van der Waals surface area contributed by atoms with Gasteiger partial charge in [-0.1, -0.05) is 75.4 Å². The molecule has 0 N–H and O–H groups in total. The maximum Gasteiger partial charge on any atom is 0.119 e. The van der Waals surface area contributed by atoms with Crippen molar-refractivity contribution in [1.29, 1.82) is 0 Å². The molecule has 1 atom stereocenters. The van der Waals surface area contributed by atoms with Crippen LogP contribution in [0.1, 0.15) is 44.2 Å². The van der Waals surface area contributed by atoms with E-state index in [1.807, 2.05) is 0 Å². The Balaban J connectivity index is 1.68. The molecule has 0 aliphatic rings. The third-order valence-corrected chi connectivity index (χ3v) is 4.55. The van der Waals surface area contributed by atoms with Crippen LogP contribution in [0.3, 0.4) is 0 Å². The summed E-state index contributed by atoms with van der Waals surface area (Å²) in [6.45, 7) is 7.45. The molecular formula is C23H26O. The molecule has 0 saturated carbocycles. The van der Waals surface area contributed by atoms with Crippen molar-refractivity contribution in [3.05, 3.63) is 77.9 Å². The maximum absolute atomic E-state index is 6.02. The first kappa shape index (κ1) is 16.6. The Morgan fingerprint density at radius 2 is 1.50 bits per heavy atom. The molecule has 0 radical (unpaired) electrons. The molecule has 0 aliphatic heterocycles. The minimum absolute atomic E-state index is 0.595. The maximum atomic E-state index is 6.02. The van der Waals surface area contributed by atoms with Crippen LogP contribution in [0.2, 0.25) is 0 Å². The van der Waals surface area contributed by atoms with Gasteiger partial charge in [0.15, 0.2) is 0 Å². The first-order valence-corrected chi connectivity index (χ1v) is 8.83. The molecule has 3 rings (SSSR count). The van der Waals surface area contributed by atoms with Crippen molar-refractivity contribution in [2.45, 2.75) is 39.7 Å². The number of fused-ring (bicyclic) bond motifs is 1. The predicted molar refractivity (Wildman–Crippen MR) is 103 cm³/mol. The predicted octanol–water partition coefficient (Wildman–Crippen LogP) is 6.57. The van der Waals surface area contributed by atoms with Crippen molar-refractivity contribution in [2.24, 2.45) is 5.92 Å². The van der Waals surface area contributed by atoms with Gasteiger partial charge in [0.05, 0.1) is 0 Å². The van der Waals surface area contributed by atoms with Crippen LogP contribution in [0.4, 0.5) is 0 Å². The largest absolute Gasteiger partial charge is 0.489 e. The summed E-state index contributed by atoms with van der Waals surface area (Å²) in [7, 11) is 0. The van der Waals surface area contributed by atoms with Gasteiger partial charge in [-0.2, -0.15) is 0 Å². The minimum Gasteiger partial charge on any atom is -0.489 e. The van der Waals surface area contributed by atoms with Crippen molar-refractivity contribution in [3.63, 3.8) is 0 Å². The second-order valence-electron chi connectivity index (χ2n) is 7.03. The summed E-state index contributed by atoms with van der Waals surface area (Å²) < 4.78 is 6.02. The highest BCUT2D eigenvalue weighted by molar-refractivity contribution is 5.85. The van der Waals surface area contributed by atoms with Gasteiger partial charge in [-0.25, -0.2) is 0 Å². The van der Waals surface area contributed by atoms with Crippen LogP contribution in [0.5, 0.6) is 5.75 Å². The molecular weight excluding hydrogens is 292 g/mol. The highest BCUT2D eigenvalue weighted by Crippen LogP contribution is 2.26. The van der Waals surface area contributed by atoms with Gasteiger partial charge in [0.1, 0.15) is 12.4 Å². The topological polar surface area (TPSA) is 9.23 Å². The lowest BCUT2D eigenvalue weighted by Crippen LogP contribution is -2.00. The van der Waals surface area contributed by atoms with Gasteiger partial charge in [-0.05, 0) is 52.3 Å². The standard InChI is InChI=1S/C23H26O/c1-17(2)15-18(3)19-11-13-22(14-12-19)24-16-21-9-6-8-20-7-4-5-10-23(20)21/h4-14,17-18H,15-16H2,1-3H3. The van der Waals surface area contributed by atoms with E-state index in [1.165, 1.54) is 28.3 Å². The number of benzene rings is 3. The number of rotatable bonds is 6. The first-order chi connectivity index (χ1) is 11.6. The average Bonchev–Trinajstić information content (AvgIpc) is 2.59. The molecule has 1 nitrogen and oxygen atoms in total. The molecule has 1 unspecified atom stereocenters. The molecule has 24 heavy (non-hydrogen) atoms. The molecule has 0 fully saturated rings.